The van der Waals surface area contributed by atoms with Gasteiger partial charge in [-0.2, -0.15) is 0 Å². The summed E-state index contributed by atoms with van der Waals surface area (Å²) in [4.78, 5) is 64.6. The molecular weight excluding hydrogens is 445 g/mol. The van der Waals surface area contributed by atoms with Gasteiger partial charge >= 0.3 is 5.97 Å². The number of imide groups is 1. The lowest BCUT2D eigenvalue weighted by atomic mass is 10.0. The number of primary amides is 1. The minimum Gasteiger partial charge on any atom is -0.454 e. The molecule has 0 spiro atoms. The van der Waals surface area contributed by atoms with Crippen molar-refractivity contribution in [3.05, 3.63) is 65.5 Å². The second kappa shape index (κ2) is 10.2. The van der Waals surface area contributed by atoms with Crippen LogP contribution in [0.15, 0.2) is 48.5 Å². The molecule has 2 aromatic rings. The van der Waals surface area contributed by atoms with Crippen LogP contribution in [-0.4, -0.2) is 53.7 Å². The molecule has 0 radical (unpaired) electrons. The maximum absolute atomic E-state index is 13.3. The smallest absolute Gasteiger partial charge is 0.330 e. The van der Waals surface area contributed by atoms with Crippen LogP contribution < -0.4 is 10.6 Å². The van der Waals surface area contributed by atoms with Crippen molar-refractivity contribution in [3.8, 4) is 0 Å². The number of carbonyl (C=O) groups excluding carboxylic acids is 5. The van der Waals surface area contributed by atoms with Crippen LogP contribution in [0.25, 0.3) is 0 Å². The van der Waals surface area contributed by atoms with E-state index in [1.54, 1.807) is 26.0 Å². The van der Waals surface area contributed by atoms with E-state index >= 15 is 0 Å². The van der Waals surface area contributed by atoms with Gasteiger partial charge in [0, 0.05) is 18.7 Å². The maximum Gasteiger partial charge on any atom is 0.330 e. The zero-order valence-electron chi connectivity index (χ0n) is 18.7. The standard InChI is InChI=1S/C24H24FN3O6/c1-14(2)21(28-22(31)17-5-3-4-6-18(17)23(28)32)24(33)34-13-20(30)27(12-11-19(26)29)16-9-7-15(25)8-10-16/h3-10,14,21H,11-13H2,1-2H3,(H2,26,29)/t21-/m0/s1. The highest BCUT2D eigenvalue weighted by Crippen LogP contribution is 2.27. The van der Waals surface area contributed by atoms with Gasteiger partial charge in [-0.05, 0) is 42.3 Å². The number of esters is 1. The molecule has 3 rings (SSSR count). The zero-order chi connectivity index (χ0) is 25.0. The van der Waals surface area contributed by atoms with Gasteiger partial charge in [-0.1, -0.05) is 26.0 Å². The molecule has 1 aliphatic rings. The number of anilines is 1. The minimum absolute atomic E-state index is 0.108. The van der Waals surface area contributed by atoms with E-state index in [9.17, 15) is 28.4 Å². The summed E-state index contributed by atoms with van der Waals surface area (Å²) in [5.41, 5.74) is 5.84. The van der Waals surface area contributed by atoms with Gasteiger partial charge < -0.3 is 15.4 Å². The number of amides is 4. The lowest BCUT2D eigenvalue weighted by Crippen LogP contribution is -2.49. The molecule has 34 heavy (non-hydrogen) atoms. The summed E-state index contributed by atoms with van der Waals surface area (Å²) >= 11 is 0. The Hall–Kier alpha value is -4.08. The topological polar surface area (TPSA) is 127 Å². The predicted molar refractivity (Wildman–Crippen MR) is 119 cm³/mol. The van der Waals surface area contributed by atoms with Crippen LogP contribution in [0.5, 0.6) is 0 Å². The fourth-order valence-corrected chi connectivity index (χ4v) is 3.67. The Morgan fingerprint density at radius 1 is 1.00 bits per heavy atom. The van der Waals surface area contributed by atoms with Crippen molar-refractivity contribution in [1.29, 1.82) is 0 Å². The highest BCUT2D eigenvalue weighted by atomic mass is 19.1. The maximum atomic E-state index is 13.3. The van der Waals surface area contributed by atoms with Crippen molar-refractivity contribution in [1.82, 2.24) is 4.90 Å². The van der Waals surface area contributed by atoms with E-state index in [4.69, 9.17) is 10.5 Å². The second-order valence-corrected chi connectivity index (χ2v) is 8.06. The molecule has 10 heteroatoms. The molecule has 1 atom stereocenters. The molecule has 0 bridgehead atoms. The van der Waals surface area contributed by atoms with E-state index in [1.807, 2.05) is 0 Å². The Labute approximate surface area is 195 Å². The fourth-order valence-electron chi connectivity index (χ4n) is 3.67. The van der Waals surface area contributed by atoms with Crippen molar-refractivity contribution < 1.29 is 33.1 Å². The van der Waals surface area contributed by atoms with E-state index < -0.39 is 54.0 Å². The number of hydrogen-bond acceptors (Lipinski definition) is 6. The third-order valence-corrected chi connectivity index (χ3v) is 5.34. The van der Waals surface area contributed by atoms with Crippen LogP contribution in [0.2, 0.25) is 0 Å². The molecule has 0 saturated carbocycles. The van der Waals surface area contributed by atoms with Gasteiger partial charge in [0.15, 0.2) is 6.61 Å². The molecule has 0 saturated heterocycles. The summed E-state index contributed by atoms with van der Waals surface area (Å²) in [6.45, 7) is 2.47. The van der Waals surface area contributed by atoms with Crippen LogP contribution in [0.1, 0.15) is 41.0 Å². The van der Waals surface area contributed by atoms with E-state index in [0.29, 0.717) is 0 Å². The highest BCUT2D eigenvalue weighted by molar-refractivity contribution is 6.22. The van der Waals surface area contributed by atoms with Gasteiger partial charge in [0.05, 0.1) is 11.1 Å². The summed E-state index contributed by atoms with van der Waals surface area (Å²) in [5, 5.41) is 0. The number of ether oxygens (including phenoxy) is 1. The Balaban J connectivity index is 1.75. The lowest BCUT2D eigenvalue weighted by molar-refractivity contribution is -0.153. The van der Waals surface area contributed by atoms with Gasteiger partial charge in [-0.3, -0.25) is 24.1 Å². The molecule has 1 aliphatic heterocycles. The van der Waals surface area contributed by atoms with E-state index in [1.165, 1.54) is 24.3 Å². The first-order valence-electron chi connectivity index (χ1n) is 10.6. The average Bonchev–Trinajstić information content (AvgIpc) is 3.04. The van der Waals surface area contributed by atoms with Crippen LogP contribution >= 0.6 is 0 Å². The fraction of sp³-hybridized carbons (Fsp3) is 0.292. The van der Waals surface area contributed by atoms with Crippen molar-refractivity contribution >= 4 is 35.3 Å². The van der Waals surface area contributed by atoms with Crippen molar-refractivity contribution in [2.24, 2.45) is 11.7 Å². The summed E-state index contributed by atoms with van der Waals surface area (Å²) in [6.07, 6.45) is -0.166. The summed E-state index contributed by atoms with van der Waals surface area (Å²) in [7, 11) is 0. The number of benzene rings is 2. The summed E-state index contributed by atoms with van der Waals surface area (Å²) in [6, 6.07) is 9.95. The third kappa shape index (κ3) is 5.11. The first-order valence-corrected chi connectivity index (χ1v) is 10.6. The normalized spacial score (nSPS) is 13.6. The van der Waals surface area contributed by atoms with Gasteiger partial charge in [-0.15, -0.1) is 0 Å². The van der Waals surface area contributed by atoms with Crippen molar-refractivity contribution in [3.63, 3.8) is 0 Å². The van der Waals surface area contributed by atoms with Crippen LogP contribution in [0, 0.1) is 11.7 Å². The number of nitrogens with two attached hydrogens (primary N) is 1. The number of fused-ring (bicyclic) bond motifs is 1. The second-order valence-electron chi connectivity index (χ2n) is 8.06. The van der Waals surface area contributed by atoms with Gasteiger partial charge in [0.25, 0.3) is 17.7 Å². The third-order valence-electron chi connectivity index (χ3n) is 5.34. The quantitative estimate of drug-likeness (QED) is 0.441. The average molecular weight is 469 g/mol. The zero-order valence-corrected chi connectivity index (χ0v) is 18.7. The molecular formula is C24H24FN3O6. The summed E-state index contributed by atoms with van der Waals surface area (Å²) < 4.78 is 18.5. The van der Waals surface area contributed by atoms with Gasteiger partial charge in [0.1, 0.15) is 11.9 Å². The summed E-state index contributed by atoms with van der Waals surface area (Å²) in [5.74, 6) is -4.50. The Bertz CT molecular complexity index is 1100. The minimum atomic E-state index is -1.25. The van der Waals surface area contributed by atoms with Gasteiger partial charge in [0.2, 0.25) is 5.91 Å². The van der Waals surface area contributed by atoms with E-state index in [0.717, 1.165) is 21.9 Å². The molecule has 2 aromatic carbocycles. The Kier molecular flexibility index (Phi) is 7.40. The number of rotatable bonds is 9. The first-order chi connectivity index (χ1) is 16.1. The Morgan fingerprint density at radius 2 is 1.56 bits per heavy atom. The number of halogens is 1. The Morgan fingerprint density at radius 3 is 2.06 bits per heavy atom. The molecule has 0 fully saturated rings. The van der Waals surface area contributed by atoms with Crippen molar-refractivity contribution in [2.45, 2.75) is 26.3 Å². The molecule has 2 N–H and O–H groups in total. The molecule has 4 amide bonds. The number of carbonyl (C=O) groups is 5. The predicted octanol–water partition coefficient (Wildman–Crippen LogP) is 1.90. The SMILES string of the molecule is CC(C)[C@@H](C(=O)OCC(=O)N(CCC(N)=O)c1ccc(F)cc1)N1C(=O)c2ccccc2C1=O. The molecule has 0 aliphatic carbocycles. The van der Waals surface area contributed by atoms with Crippen LogP contribution in [0.4, 0.5) is 10.1 Å². The molecule has 0 unspecified atom stereocenters. The molecule has 178 valence electrons. The van der Waals surface area contributed by atoms with Crippen LogP contribution in [-0.2, 0) is 19.1 Å². The highest BCUT2D eigenvalue weighted by Gasteiger charge is 2.44. The molecule has 1 heterocycles. The largest absolute Gasteiger partial charge is 0.454 e. The number of hydrogen-bond donors (Lipinski definition) is 1. The van der Waals surface area contributed by atoms with Crippen LogP contribution in [0.3, 0.4) is 0 Å². The van der Waals surface area contributed by atoms with E-state index in [2.05, 4.69) is 0 Å². The monoisotopic (exact) mass is 469 g/mol. The first kappa shape index (κ1) is 24.6. The van der Waals surface area contributed by atoms with Crippen molar-refractivity contribution in [2.75, 3.05) is 18.1 Å². The van der Waals surface area contributed by atoms with Gasteiger partial charge in [-0.25, -0.2) is 9.18 Å². The number of nitrogens with zero attached hydrogens (tertiary/aromatic N) is 2. The lowest BCUT2D eigenvalue weighted by Gasteiger charge is -2.28. The molecule has 9 nitrogen and oxygen atoms in total. The van der Waals surface area contributed by atoms with E-state index in [-0.39, 0.29) is 29.8 Å². The molecule has 0 aromatic heterocycles.